The van der Waals surface area contributed by atoms with E-state index in [2.05, 4.69) is 0 Å². The zero-order valence-corrected chi connectivity index (χ0v) is 11.9. The summed E-state index contributed by atoms with van der Waals surface area (Å²) in [7, 11) is -3.66. The smallest absolute Gasteiger partial charge is 0.306 e. The second-order valence-electron chi connectivity index (χ2n) is 4.48. The number of carbonyl (C=O) groups excluding carboxylic acids is 1. The van der Waals surface area contributed by atoms with Crippen LogP contribution in [0.1, 0.15) is 10.4 Å². The van der Waals surface area contributed by atoms with Crippen LogP contribution in [0.3, 0.4) is 0 Å². The minimum Gasteiger partial charge on any atom is -0.399 e. The van der Waals surface area contributed by atoms with Gasteiger partial charge in [0.2, 0.25) is 0 Å². The van der Waals surface area contributed by atoms with E-state index in [1.807, 2.05) is 0 Å². The van der Waals surface area contributed by atoms with Crippen LogP contribution in [-0.2, 0) is 14.9 Å². The Kier molecular flexibility index (Phi) is 4.15. The van der Waals surface area contributed by atoms with Gasteiger partial charge in [0.25, 0.3) is 5.91 Å². The molecule has 110 valence electrons. The van der Waals surface area contributed by atoms with E-state index in [9.17, 15) is 13.2 Å². The molecule has 0 spiro atoms. The van der Waals surface area contributed by atoms with Crippen molar-refractivity contribution in [2.45, 2.75) is 0 Å². The lowest BCUT2D eigenvalue weighted by atomic mass is 10.1. The molecule has 0 radical (unpaired) electrons. The van der Waals surface area contributed by atoms with E-state index in [0.29, 0.717) is 31.9 Å². The highest BCUT2D eigenvalue weighted by Crippen LogP contribution is 2.21. The number of hydrogen-bond donors (Lipinski definition) is 1. The number of anilines is 1. The van der Waals surface area contributed by atoms with Crippen molar-refractivity contribution >= 4 is 21.7 Å². The average molecular weight is 300 g/mol. The maximum absolute atomic E-state index is 12.3. The molecule has 1 fully saturated rings. The number of carbonyl (C=O) groups is 1. The minimum atomic E-state index is -3.66. The Labute approximate surface area is 117 Å². The first kappa shape index (κ1) is 14.6. The lowest BCUT2D eigenvalue weighted by molar-refractivity contribution is 0.0303. The fraction of sp³-hybridized carbons (Fsp3) is 0.417. The maximum Gasteiger partial charge on any atom is 0.306 e. The topological polar surface area (TPSA) is 98.9 Å². The lowest BCUT2D eigenvalue weighted by Gasteiger charge is -2.27. The summed E-state index contributed by atoms with van der Waals surface area (Å²) < 4.78 is 32.2. The quantitative estimate of drug-likeness (QED) is 0.627. The van der Waals surface area contributed by atoms with Crippen LogP contribution >= 0.6 is 0 Å². The molecule has 2 N–H and O–H groups in total. The van der Waals surface area contributed by atoms with Crippen LogP contribution in [0.25, 0.3) is 0 Å². The van der Waals surface area contributed by atoms with Crippen LogP contribution < -0.4 is 9.92 Å². The number of nitrogens with zero attached hydrogens (tertiary/aromatic N) is 1. The molecule has 1 saturated heterocycles. The first-order chi connectivity index (χ1) is 9.35. The molecule has 1 aliphatic heterocycles. The molecule has 8 heteroatoms. The first-order valence-corrected chi connectivity index (χ1v) is 7.84. The largest absolute Gasteiger partial charge is 0.399 e. The van der Waals surface area contributed by atoms with Crippen LogP contribution in [0.2, 0.25) is 0 Å². The van der Waals surface area contributed by atoms with Gasteiger partial charge in [0.05, 0.1) is 19.5 Å². The lowest BCUT2D eigenvalue weighted by Crippen LogP contribution is -2.40. The Hall–Kier alpha value is -1.80. The van der Waals surface area contributed by atoms with Crippen molar-refractivity contribution in [3.63, 3.8) is 0 Å². The van der Waals surface area contributed by atoms with Gasteiger partial charge in [0, 0.05) is 30.4 Å². The highest BCUT2D eigenvalue weighted by atomic mass is 32.2. The van der Waals surface area contributed by atoms with Gasteiger partial charge in [-0.05, 0) is 12.1 Å². The third-order valence-electron chi connectivity index (χ3n) is 2.72. The molecular formula is C12H16N2O5S. The number of amides is 1. The average Bonchev–Trinajstić information content (AvgIpc) is 2.36. The molecule has 2 rings (SSSR count). The predicted molar refractivity (Wildman–Crippen MR) is 73.0 cm³/mol. The number of morpholine rings is 1. The summed E-state index contributed by atoms with van der Waals surface area (Å²) in [6.07, 6.45) is 0.930. The summed E-state index contributed by atoms with van der Waals surface area (Å²) >= 11 is 0. The second kappa shape index (κ2) is 5.68. The third-order valence-corrected chi connectivity index (χ3v) is 3.22. The summed E-state index contributed by atoms with van der Waals surface area (Å²) in [5, 5.41) is 0. The zero-order chi connectivity index (χ0) is 14.8. The SMILES string of the molecule is CS(=O)(=O)Oc1cc(N)cc(C(=O)N2CCOCC2)c1. The normalized spacial score (nSPS) is 15.9. The van der Waals surface area contributed by atoms with Crippen LogP contribution in [0.4, 0.5) is 5.69 Å². The van der Waals surface area contributed by atoms with Gasteiger partial charge in [-0.1, -0.05) is 0 Å². The van der Waals surface area contributed by atoms with Gasteiger partial charge in [-0.3, -0.25) is 4.79 Å². The molecule has 0 aliphatic carbocycles. The molecule has 0 bridgehead atoms. The van der Waals surface area contributed by atoms with E-state index in [-0.39, 0.29) is 17.3 Å². The van der Waals surface area contributed by atoms with Gasteiger partial charge in [0.15, 0.2) is 0 Å². The van der Waals surface area contributed by atoms with Gasteiger partial charge in [-0.25, -0.2) is 0 Å². The summed E-state index contributed by atoms with van der Waals surface area (Å²) in [6, 6.07) is 4.22. The zero-order valence-electron chi connectivity index (χ0n) is 11.0. The highest BCUT2D eigenvalue weighted by molar-refractivity contribution is 7.86. The van der Waals surface area contributed by atoms with E-state index < -0.39 is 10.1 Å². The van der Waals surface area contributed by atoms with E-state index in [1.165, 1.54) is 18.2 Å². The van der Waals surface area contributed by atoms with Crippen molar-refractivity contribution in [1.82, 2.24) is 4.90 Å². The fourth-order valence-electron chi connectivity index (χ4n) is 1.92. The molecule has 1 aliphatic rings. The standard InChI is InChI=1S/C12H16N2O5S/c1-20(16,17)19-11-7-9(6-10(13)8-11)12(15)14-2-4-18-5-3-14/h6-8H,2-5,13H2,1H3. The van der Waals surface area contributed by atoms with Gasteiger partial charge < -0.3 is 19.6 Å². The van der Waals surface area contributed by atoms with E-state index >= 15 is 0 Å². The Balaban J connectivity index is 2.24. The molecule has 20 heavy (non-hydrogen) atoms. The number of hydrogen-bond acceptors (Lipinski definition) is 6. The highest BCUT2D eigenvalue weighted by Gasteiger charge is 2.20. The van der Waals surface area contributed by atoms with Crippen LogP contribution in [0.15, 0.2) is 18.2 Å². The Morgan fingerprint density at radius 3 is 2.55 bits per heavy atom. The summed E-state index contributed by atoms with van der Waals surface area (Å²) in [5.74, 6) is -0.192. The van der Waals surface area contributed by atoms with Gasteiger partial charge in [-0.2, -0.15) is 8.42 Å². The number of benzene rings is 1. The molecule has 0 aromatic heterocycles. The van der Waals surface area contributed by atoms with Crippen molar-refractivity contribution in [2.24, 2.45) is 0 Å². The van der Waals surface area contributed by atoms with E-state index in [4.69, 9.17) is 14.7 Å². The third kappa shape index (κ3) is 3.84. The number of nitrogens with two attached hydrogens (primary N) is 1. The molecule has 1 heterocycles. The van der Waals surface area contributed by atoms with Gasteiger partial charge in [0.1, 0.15) is 5.75 Å². The monoisotopic (exact) mass is 300 g/mol. The second-order valence-corrected chi connectivity index (χ2v) is 6.06. The number of rotatable bonds is 3. The fourth-order valence-corrected chi connectivity index (χ4v) is 2.36. The molecule has 1 aromatic rings. The Bertz CT molecular complexity index is 608. The number of ether oxygens (including phenoxy) is 1. The maximum atomic E-state index is 12.3. The molecular weight excluding hydrogens is 284 g/mol. The molecule has 0 saturated carbocycles. The van der Waals surface area contributed by atoms with E-state index in [0.717, 1.165) is 6.26 Å². The summed E-state index contributed by atoms with van der Waals surface area (Å²) in [4.78, 5) is 13.9. The van der Waals surface area contributed by atoms with Gasteiger partial charge >= 0.3 is 10.1 Å². The molecule has 7 nitrogen and oxygen atoms in total. The Morgan fingerprint density at radius 2 is 1.95 bits per heavy atom. The first-order valence-electron chi connectivity index (χ1n) is 6.02. The molecule has 0 atom stereocenters. The predicted octanol–water partition coefficient (Wildman–Crippen LogP) is 0.0796. The van der Waals surface area contributed by atoms with E-state index in [1.54, 1.807) is 4.90 Å². The summed E-state index contributed by atoms with van der Waals surface area (Å²) in [6.45, 7) is 1.97. The van der Waals surface area contributed by atoms with Crippen molar-refractivity contribution in [3.8, 4) is 5.75 Å². The molecule has 0 unspecified atom stereocenters. The van der Waals surface area contributed by atoms with Gasteiger partial charge in [-0.15, -0.1) is 0 Å². The Morgan fingerprint density at radius 1 is 1.30 bits per heavy atom. The van der Waals surface area contributed by atoms with Crippen LogP contribution in [0, 0.1) is 0 Å². The molecule has 1 aromatic carbocycles. The van der Waals surface area contributed by atoms with Crippen molar-refractivity contribution < 1.29 is 22.1 Å². The number of nitrogen functional groups attached to an aromatic ring is 1. The van der Waals surface area contributed by atoms with Crippen LogP contribution in [-0.4, -0.2) is 51.8 Å². The summed E-state index contributed by atoms with van der Waals surface area (Å²) in [5.41, 5.74) is 6.24. The van der Waals surface area contributed by atoms with Crippen molar-refractivity contribution in [1.29, 1.82) is 0 Å². The minimum absolute atomic E-state index is 0.0316. The van der Waals surface area contributed by atoms with Crippen LogP contribution in [0.5, 0.6) is 5.75 Å². The van der Waals surface area contributed by atoms with Crippen molar-refractivity contribution in [2.75, 3.05) is 38.3 Å². The van der Waals surface area contributed by atoms with Crippen molar-refractivity contribution in [3.05, 3.63) is 23.8 Å². The molecule has 1 amide bonds.